The molecule has 0 saturated carbocycles. The Kier molecular flexibility index (Phi) is 4.93. The lowest BCUT2D eigenvalue weighted by Gasteiger charge is -2.19. The molecule has 2 aromatic heterocycles. The Morgan fingerprint density at radius 2 is 2.03 bits per heavy atom. The summed E-state index contributed by atoms with van der Waals surface area (Å²) in [6, 6.07) is 11.6. The van der Waals surface area contributed by atoms with E-state index in [1.165, 1.54) is 12.1 Å². The van der Waals surface area contributed by atoms with Gasteiger partial charge in [-0.2, -0.15) is 5.10 Å². The molecule has 0 amide bonds. The lowest BCUT2D eigenvalue weighted by atomic mass is 10.1. The molecule has 7 nitrogen and oxygen atoms in total. The van der Waals surface area contributed by atoms with Gasteiger partial charge in [-0.3, -0.25) is 5.01 Å². The van der Waals surface area contributed by atoms with Crippen LogP contribution in [0.25, 0.3) is 22.6 Å². The van der Waals surface area contributed by atoms with E-state index in [0.717, 1.165) is 28.6 Å². The van der Waals surface area contributed by atoms with Crippen LogP contribution < -0.4 is 4.74 Å². The van der Waals surface area contributed by atoms with Crippen molar-refractivity contribution < 1.29 is 18.0 Å². The van der Waals surface area contributed by atoms with Crippen LogP contribution in [-0.4, -0.2) is 33.5 Å². The molecular weight excluding hydrogens is 416 g/mol. The van der Waals surface area contributed by atoms with Gasteiger partial charge in [-0.25, -0.2) is 13.8 Å². The summed E-state index contributed by atoms with van der Waals surface area (Å²) >= 11 is 0. The van der Waals surface area contributed by atoms with Crippen molar-refractivity contribution in [2.24, 2.45) is 5.10 Å². The molecule has 162 valence electrons. The molecule has 0 atom stereocenters. The molecular formula is C23H19F2N5O2. The van der Waals surface area contributed by atoms with E-state index >= 15 is 0 Å². The lowest BCUT2D eigenvalue weighted by molar-refractivity contribution is 0.229. The van der Waals surface area contributed by atoms with E-state index in [9.17, 15) is 8.78 Å². The molecule has 0 bridgehead atoms. The summed E-state index contributed by atoms with van der Waals surface area (Å²) in [6.07, 6.45) is 1.61. The van der Waals surface area contributed by atoms with Crippen LogP contribution in [0.1, 0.15) is 22.7 Å². The zero-order valence-electron chi connectivity index (χ0n) is 17.4. The number of aromatic nitrogens is 3. The molecule has 0 aliphatic carbocycles. The second-order valence-corrected chi connectivity index (χ2v) is 7.47. The number of imidazole rings is 1. The Balaban J connectivity index is 1.32. The number of methoxy groups -OCH3 is 1. The third-order valence-corrected chi connectivity index (χ3v) is 5.31. The summed E-state index contributed by atoms with van der Waals surface area (Å²) in [7, 11) is 1.63. The van der Waals surface area contributed by atoms with Gasteiger partial charge in [0.25, 0.3) is 0 Å². The molecule has 5 rings (SSSR count). The van der Waals surface area contributed by atoms with Gasteiger partial charge in [0.15, 0.2) is 17.4 Å². The lowest BCUT2D eigenvalue weighted by Crippen LogP contribution is -2.21. The number of nitrogens with one attached hydrogen (secondary N) is 1. The van der Waals surface area contributed by atoms with Crippen LogP contribution in [0.2, 0.25) is 0 Å². The average molecular weight is 435 g/mol. The fraction of sp³-hybridized carbons (Fsp3) is 0.174. The molecule has 1 aliphatic rings. The van der Waals surface area contributed by atoms with Crippen LogP contribution in [0, 0.1) is 18.6 Å². The number of aromatic amines is 1. The van der Waals surface area contributed by atoms with E-state index in [4.69, 9.17) is 9.26 Å². The standard InChI is InChI=1S/C23H19F2N5O2/c1-13-8-14(31-2)6-7-16(13)19-9-15(32-29-19)11-30-12-21-20(10-26-30)27-23(28-21)17-4-3-5-18(24)22(17)25/h3-10H,11-12H2,1-2H3,(H,27,28). The van der Waals surface area contributed by atoms with Crippen molar-refractivity contribution >= 4 is 6.21 Å². The maximum atomic E-state index is 14.1. The number of fused-ring (bicyclic) bond motifs is 1. The molecule has 9 heteroatoms. The number of rotatable bonds is 5. The van der Waals surface area contributed by atoms with Crippen molar-refractivity contribution in [1.82, 2.24) is 20.1 Å². The van der Waals surface area contributed by atoms with Crippen LogP contribution in [-0.2, 0) is 13.1 Å². The highest BCUT2D eigenvalue weighted by Gasteiger charge is 2.21. The van der Waals surface area contributed by atoms with Crippen LogP contribution in [0.15, 0.2) is 52.1 Å². The summed E-state index contributed by atoms with van der Waals surface area (Å²) in [5.41, 5.74) is 4.13. The van der Waals surface area contributed by atoms with Crippen molar-refractivity contribution in [3.63, 3.8) is 0 Å². The first kappa shape index (κ1) is 19.9. The van der Waals surface area contributed by atoms with E-state index in [1.807, 2.05) is 31.2 Å². The molecule has 1 N–H and O–H groups in total. The Morgan fingerprint density at radius 3 is 2.84 bits per heavy atom. The zero-order valence-corrected chi connectivity index (χ0v) is 17.4. The minimum atomic E-state index is -0.935. The van der Waals surface area contributed by atoms with Crippen LogP contribution >= 0.6 is 0 Å². The molecule has 0 radical (unpaired) electrons. The Labute approximate surface area is 182 Å². The Morgan fingerprint density at radius 1 is 1.16 bits per heavy atom. The van der Waals surface area contributed by atoms with Gasteiger partial charge in [0.05, 0.1) is 43.4 Å². The predicted molar refractivity (Wildman–Crippen MR) is 114 cm³/mol. The van der Waals surface area contributed by atoms with Gasteiger partial charge >= 0.3 is 0 Å². The van der Waals surface area contributed by atoms with Crippen LogP contribution in [0.5, 0.6) is 5.75 Å². The first-order valence-corrected chi connectivity index (χ1v) is 9.94. The normalized spacial score (nSPS) is 12.8. The summed E-state index contributed by atoms with van der Waals surface area (Å²) in [6.45, 7) is 2.75. The number of H-pyrrole nitrogens is 1. The summed E-state index contributed by atoms with van der Waals surface area (Å²) in [5.74, 6) is -0.166. The van der Waals surface area contributed by atoms with Gasteiger partial charge in [0.1, 0.15) is 17.3 Å². The quantitative estimate of drug-likeness (QED) is 0.493. The van der Waals surface area contributed by atoms with E-state index < -0.39 is 11.6 Å². The number of nitrogens with zero attached hydrogens (tertiary/aromatic N) is 4. The van der Waals surface area contributed by atoms with Gasteiger partial charge in [0.2, 0.25) is 0 Å². The Bertz CT molecular complexity index is 1330. The van der Waals surface area contributed by atoms with Gasteiger partial charge in [-0.1, -0.05) is 11.2 Å². The van der Waals surface area contributed by atoms with E-state index in [0.29, 0.717) is 30.2 Å². The second kappa shape index (κ2) is 7.92. The molecule has 0 unspecified atom stereocenters. The van der Waals surface area contributed by atoms with Crippen molar-refractivity contribution in [2.45, 2.75) is 20.0 Å². The Hall–Kier alpha value is -4.01. The van der Waals surface area contributed by atoms with E-state index in [2.05, 4.69) is 20.2 Å². The molecule has 1 aliphatic heterocycles. The predicted octanol–water partition coefficient (Wildman–Crippen LogP) is 4.68. The number of hydrogen-bond acceptors (Lipinski definition) is 6. The fourth-order valence-corrected chi connectivity index (χ4v) is 3.66. The minimum Gasteiger partial charge on any atom is -0.497 e. The van der Waals surface area contributed by atoms with Crippen molar-refractivity contribution in [3.8, 4) is 28.4 Å². The number of benzene rings is 2. The molecule has 0 saturated heterocycles. The number of halogens is 2. The summed E-state index contributed by atoms with van der Waals surface area (Å²) in [4.78, 5) is 7.45. The van der Waals surface area contributed by atoms with Crippen LogP contribution in [0.4, 0.5) is 8.78 Å². The highest BCUT2D eigenvalue weighted by Crippen LogP contribution is 2.28. The minimum absolute atomic E-state index is 0.0779. The van der Waals surface area contributed by atoms with E-state index in [1.54, 1.807) is 18.3 Å². The first-order valence-electron chi connectivity index (χ1n) is 9.94. The third-order valence-electron chi connectivity index (χ3n) is 5.31. The monoisotopic (exact) mass is 435 g/mol. The molecule has 2 aromatic carbocycles. The summed E-state index contributed by atoms with van der Waals surface area (Å²) in [5, 5.41) is 10.3. The van der Waals surface area contributed by atoms with Gasteiger partial charge < -0.3 is 14.2 Å². The number of hydrazone groups is 1. The maximum Gasteiger partial charge on any atom is 0.169 e. The van der Waals surface area contributed by atoms with Crippen molar-refractivity contribution in [2.75, 3.05) is 7.11 Å². The average Bonchev–Trinajstić information content (AvgIpc) is 3.42. The SMILES string of the molecule is COc1ccc(-c2cc(CN3Cc4nc(-c5cccc(F)c5F)[nH]c4C=N3)on2)c(C)c1. The number of aryl methyl sites for hydroxylation is 1. The zero-order chi connectivity index (χ0) is 22.2. The maximum absolute atomic E-state index is 14.1. The topological polar surface area (TPSA) is 79.5 Å². The van der Waals surface area contributed by atoms with Gasteiger partial charge in [0, 0.05) is 11.6 Å². The van der Waals surface area contributed by atoms with Gasteiger partial charge in [-0.05, 0) is 42.8 Å². The molecule has 0 fully saturated rings. The third kappa shape index (κ3) is 3.62. The largest absolute Gasteiger partial charge is 0.497 e. The molecule has 4 aromatic rings. The highest BCUT2D eigenvalue weighted by molar-refractivity contribution is 5.80. The van der Waals surface area contributed by atoms with Crippen molar-refractivity contribution in [3.05, 3.63) is 76.8 Å². The first-order chi connectivity index (χ1) is 15.5. The second-order valence-electron chi connectivity index (χ2n) is 7.47. The fourth-order valence-electron chi connectivity index (χ4n) is 3.66. The molecule has 0 spiro atoms. The van der Waals surface area contributed by atoms with Crippen LogP contribution in [0.3, 0.4) is 0 Å². The molecule has 3 heterocycles. The highest BCUT2D eigenvalue weighted by atomic mass is 19.2. The van der Waals surface area contributed by atoms with Crippen molar-refractivity contribution in [1.29, 1.82) is 0 Å². The number of hydrogen-bond donors (Lipinski definition) is 1. The van der Waals surface area contributed by atoms with E-state index in [-0.39, 0.29) is 11.4 Å². The van der Waals surface area contributed by atoms with Gasteiger partial charge in [-0.15, -0.1) is 0 Å². The smallest absolute Gasteiger partial charge is 0.169 e. The molecule has 32 heavy (non-hydrogen) atoms. The number of ether oxygens (including phenoxy) is 1. The summed E-state index contributed by atoms with van der Waals surface area (Å²) < 4.78 is 38.4.